The second kappa shape index (κ2) is 7.26. The second-order valence-electron chi connectivity index (χ2n) is 5.01. The van der Waals surface area contributed by atoms with Gasteiger partial charge in [0.1, 0.15) is 6.61 Å². The van der Waals surface area contributed by atoms with Crippen LogP contribution in [0.5, 0.6) is 0 Å². The third kappa shape index (κ3) is 4.66. The lowest BCUT2D eigenvalue weighted by Gasteiger charge is -2.13. The molecule has 1 aromatic carbocycles. The lowest BCUT2D eigenvalue weighted by Crippen LogP contribution is -2.32. The van der Waals surface area contributed by atoms with Crippen molar-refractivity contribution in [3.05, 3.63) is 40.8 Å². The Bertz CT molecular complexity index is 767. The Hall–Kier alpha value is -2.68. The molecule has 0 atom stereocenters. The van der Waals surface area contributed by atoms with Crippen molar-refractivity contribution in [2.75, 3.05) is 12.9 Å². The number of amides is 2. The van der Waals surface area contributed by atoms with Gasteiger partial charge >= 0.3 is 6.16 Å². The van der Waals surface area contributed by atoms with Gasteiger partial charge in [0.15, 0.2) is 9.84 Å². The fraction of sp³-hybridized carbons (Fsp3) is 0.267. The van der Waals surface area contributed by atoms with Gasteiger partial charge in [-0.05, 0) is 11.6 Å². The van der Waals surface area contributed by atoms with Crippen LogP contribution in [-0.4, -0.2) is 44.3 Å². The van der Waals surface area contributed by atoms with Crippen molar-refractivity contribution in [2.24, 2.45) is 0 Å². The number of sulfone groups is 1. The Labute approximate surface area is 138 Å². The fourth-order valence-corrected chi connectivity index (χ4v) is 2.50. The van der Waals surface area contributed by atoms with Crippen LogP contribution in [0, 0.1) is 0 Å². The summed E-state index contributed by atoms with van der Waals surface area (Å²) in [5, 5.41) is 0.323. The monoisotopic (exact) mass is 353 g/mol. The molecule has 8 nitrogen and oxygen atoms in total. The van der Waals surface area contributed by atoms with Crippen molar-refractivity contribution in [3.63, 3.8) is 0 Å². The second-order valence-corrected chi connectivity index (χ2v) is 7.07. The zero-order valence-electron chi connectivity index (χ0n) is 12.8. The number of carbonyl (C=O) groups excluding carboxylic acids is 3. The van der Waals surface area contributed by atoms with Gasteiger partial charge in [-0.3, -0.25) is 14.4 Å². The van der Waals surface area contributed by atoms with Crippen molar-refractivity contribution in [1.82, 2.24) is 5.06 Å². The molecule has 1 heterocycles. The van der Waals surface area contributed by atoms with Crippen molar-refractivity contribution < 1.29 is 32.4 Å². The molecule has 1 saturated heterocycles. The van der Waals surface area contributed by atoms with Crippen LogP contribution in [0.1, 0.15) is 18.4 Å². The SMILES string of the molecule is CS(=O)(=O)/C(=C\c1ccccc1)COC(=O)ON1C(=O)CCC1=O. The van der Waals surface area contributed by atoms with Crippen LogP contribution < -0.4 is 0 Å². The van der Waals surface area contributed by atoms with Gasteiger partial charge in [0, 0.05) is 19.1 Å². The van der Waals surface area contributed by atoms with Crippen LogP contribution >= 0.6 is 0 Å². The van der Waals surface area contributed by atoms with Crippen LogP contribution in [0.2, 0.25) is 0 Å². The molecule has 2 rings (SSSR count). The van der Waals surface area contributed by atoms with Crippen molar-refractivity contribution in [1.29, 1.82) is 0 Å². The molecule has 128 valence electrons. The van der Waals surface area contributed by atoms with E-state index in [2.05, 4.69) is 4.84 Å². The lowest BCUT2D eigenvalue weighted by molar-refractivity contribution is -0.176. The molecule has 9 heteroatoms. The van der Waals surface area contributed by atoms with E-state index in [1.54, 1.807) is 30.3 Å². The summed E-state index contributed by atoms with van der Waals surface area (Å²) in [7, 11) is -3.63. The summed E-state index contributed by atoms with van der Waals surface area (Å²) in [6, 6.07) is 8.60. The third-order valence-electron chi connectivity index (χ3n) is 3.11. The quantitative estimate of drug-likeness (QED) is 0.580. The molecule has 0 aromatic heterocycles. The summed E-state index contributed by atoms with van der Waals surface area (Å²) in [4.78, 5) is 38.6. The van der Waals surface area contributed by atoms with Crippen molar-refractivity contribution in [3.8, 4) is 0 Å². The number of hydrogen-bond acceptors (Lipinski definition) is 7. The average Bonchev–Trinajstić information content (AvgIpc) is 2.83. The maximum Gasteiger partial charge on any atom is 0.534 e. The highest BCUT2D eigenvalue weighted by molar-refractivity contribution is 7.94. The van der Waals surface area contributed by atoms with E-state index < -0.39 is 34.4 Å². The Morgan fingerprint density at radius 1 is 1.17 bits per heavy atom. The molecule has 0 N–H and O–H groups in total. The molecule has 1 aromatic rings. The fourth-order valence-electron chi connectivity index (χ4n) is 1.88. The van der Waals surface area contributed by atoms with Crippen LogP contribution in [-0.2, 0) is 29.0 Å². The van der Waals surface area contributed by atoms with Gasteiger partial charge in [0.25, 0.3) is 11.8 Å². The summed E-state index contributed by atoms with van der Waals surface area (Å²) in [6.07, 6.45) is 0.906. The highest BCUT2D eigenvalue weighted by Gasteiger charge is 2.33. The van der Waals surface area contributed by atoms with E-state index in [1.807, 2.05) is 0 Å². The molecule has 0 saturated carbocycles. The van der Waals surface area contributed by atoms with E-state index in [4.69, 9.17) is 4.74 Å². The predicted octanol–water partition coefficient (Wildman–Crippen LogP) is 1.29. The number of rotatable bonds is 5. The highest BCUT2D eigenvalue weighted by atomic mass is 32.2. The number of carbonyl (C=O) groups is 3. The molecule has 0 spiro atoms. The first-order valence-corrected chi connectivity index (χ1v) is 8.82. The van der Waals surface area contributed by atoms with Crippen LogP contribution in [0.15, 0.2) is 35.2 Å². The molecular formula is C15H15NO7S. The highest BCUT2D eigenvalue weighted by Crippen LogP contribution is 2.15. The number of imide groups is 1. The predicted molar refractivity (Wildman–Crippen MR) is 82.8 cm³/mol. The van der Waals surface area contributed by atoms with Crippen molar-refractivity contribution in [2.45, 2.75) is 12.8 Å². The molecular weight excluding hydrogens is 338 g/mol. The van der Waals surface area contributed by atoms with Gasteiger partial charge in [-0.1, -0.05) is 35.4 Å². The summed E-state index contributed by atoms with van der Waals surface area (Å²) < 4.78 is 28.3. The first-order valence-electron chi connectivity index (χ1n) is 6.93. The largest absolute Gasteiger partial charge is 0.534 e. The molecule has 0 aliphatic carbocycles. The van der Waals surface area contributed by atoms with Gasteiger partial charge in [-0.2, -0.15) is 0 Å². The number of nitrogens with zero attached hydrogens (tertiary/aromatic N) is 1. The van der Waals surface area contributed by atoms with E-state index in [0.717, 1.165) is 6.26 Å². The van der Waals surface area contributed by atoms with Crippen molar-refractivity contribution >= 4 is 33.9 Å². The Kier molecular flexibility index (Phi) is 5.35. The van der Waals surface area contributed by atoms with Gasteiger partial charge in [-0.15, -0.1) is 0 Å². The van der Waals surface area contributed by atoms with Crippen LogP contribution in [0.4, 0.5) is 4.79 Å². The summed E-state index contributed by atoms with van der Waals surface area (Å²) in [5.74, 6) is -1.31. The minimum atomic E-state index is -3.63. The molecule has 0 unspecified atom stereocenters. The third-order valence-corrected chi connectivity index (χ3v) is 4.30. The summed E-state index contributed by atoms with van der Waals surface area (Å²) >= 11 is 0. The lowest BCUT2D eigenvalue weighted by atomic mass is 10.2. The van der Waals surface area contributed by atoms with E-state index >= 15 is 0 Å². The Morgan fingerprint density at radius 2 is 1.75 bits per heavy atom. The van der Waals surface area contributed by atoms with Crippen LogP contribution in [0.3, 0.4) is 0 Å². The van der Waals surface area contributed by atoms with E-state index in [1.165, 1.54) is 6.08 Å². The maximum absolute atomic E-state index is 11.8. The summed E-state index contributed by atoms with van der Waals surface area (Å²) in [5.41, 5.74) is 0.611. The number of ether oxygens (including phenoxy) is 1. The minimum absolute atomic E-state index is 0.0470. The topological polar surface area (TPSA) is 107 Å². The molecule has 24 heavy (non-hydrogen) atoms. The first kappa shape index (κ1) is 17.7. The van der Waals surface area contributed by atoms with Gasteiger partial charge in [0.2, 0.25) is 0 Å². The van der Waals surface area contributed by atoms with Crippen LogP contribution in [0.25, 0.3) is 6.08 Å². The first-order chi connectivity index (χ1) is 11.3. The molecule has 0 radical (unpaired) electrons. The van der Waals surface area contributed by atoms with E-state index in [-0.39, 0.29) is 17.7 Å². The smallest absolute Gasteiger partial charge is 0.427 e. The zero-order valence-corrected chi connectivity index (χ0v) is 13.6. The standard InChI is InChI=1S/C15H15NO7S/c1-24(20,21)12(9-11-5-3-2-4-6-11)10-22-15(19)23-16-13(17)7-8-14(16)18/h2-6,9H,7-8,10H2,1H3/b12-9-. The van der Waals surface area contributed by atoms with E-state index in [0.29, 0.717) is 10.6 Å². The normalized spacial score (nSPS) is 15.5. The average molecular weight is 353 g/mol. The number of hydrogen-bond donors (Lipinski definition) is 0. The summed E-state index contributed by atoms with van der Waals surface area (Å²) in [6.45, 7) is -0.581. The molecule has 0 bridgehead atoms. The molecule has 2 amide bonds. The van der Waals surface area contributed by atoms with Gasteiger partial charge < -0.3 is 4.74 Å². The molecule has 1 fully saturated rings. The van der Waals surface area contributed by atoms with Gasteiger partial charge in [-0.25, -0.2) is 13.2 Å². The molecule has 1 aliphatic heterocycles. The van der Waals surface area contributed by atoms with Gasteiger partial charge in [0.05, 0.1) is 4.91 Å². The zero-order chi connectivity index (χ0) is 17.7. The Morgan fingerprint density at radius 3 is 2.29 bits per heavy atom. The Balaban J connectivity index is 2.03. The van der Waals surface area contributed by atoms with E-state index in [9.17, 15) is 22.8 Å². The minimum Gasteiger partial charge on any atom is -0.427 e. The molecule has 1 aliphatic rings. The number of benzene rings is 1. The maximum atomic E-state index is 11.8. The number of hydroxylamine groups is 2.